The Kier molecular flexibility index (Phi) is 2.45. The molecule has 2 N–H and O–H groups in total. The summed E-state index contributed by atoms with van der Waals surface area (Å²) in [5.41, 5.74) is 0. The van der Waals surface area contributed by atoms with Gasteiger partial charge in [0.15, 0.2) is 15.8 Å². The lowest BCUT2D eigenvalue weighted by molar-refractivity contribution is 0.591. The van der Waals surface area contributed by atoms with Gasteiger partial charge in [-0.2, -0.15) is 0 Å². The van der Waals surface area contributed by atoms with Crippen LogP contribution in [0.3, 0.4) is 0 Å². The van der Waals surface area contributed by atoms with E-state index in [1.807, 2.05) is 0 Å². The average molecular weight is 215 g/mol. The minimum Gasteiger partial charge on any atom is -0.355 e. The molecule has 1 unspecified atom stereocenters. The van der Waals surface area contributed by atoms with Crippen LogP contribution in [0.1, 0.15) is 12.8 Å². The molecule has 1 fully saturated rings. The highest BCUT2D eigenvalue weighted by molar-refractivity contribution is 7.92. The Hall–Kier alpha value is -1.04. The SMILES string of the molecule is O=S1(=O)CCCC1CNc1ncc[nH]1. The first-order valence-electron chi connectivity index (χ1n) is 4.63. The minimum atomic E-state index is -2.84. The molecule has 6 heteroatoms. The largest absolute Gasteiger partial charge is 0.355 e. The summed E-state index contributed by atoms with van der Waals surface area (Å²) in [7, 11) is -2.84. The van der Waals surface area contributed by atoms with Crippen molar-refractivity contribution in [2.24, 2.45) is 0 Å². The zero-order valence-electron chi connectivity index (χ0n) is 7.73. The number of sulfone groups is 1. The molecule has 2 rings (SSSR count). The van der Waals surface area contributed by atoms with Gasteiger partial charge in [-0.05, 0) is 12.8 Å². The Balaban J connectivity index is 1.93. The van der Waals surface area contributed by atoms with Gasteiger partial charge in [0.25, 0.3) is 0 Å². The fourth-order valence-corrected chi connectivity index (χ4v) is 3.43. The number of nitrogens with one attached hydrogen (secondary N) is 2. The smallest absolute Gasteiger partial charge is 0.200 e. The van der Waals surface area contributed by atoms with Crippen molar-refractivity contribution in [1.29, 1.82) is 0 Å². The highest BCUT2D eigenvalue weighted by Crippen LogP contribution is 2.19. The number of hydrogen-bond acceptors (Lipinski definition) is 4. The summed E-state index contributed by atoms with van der Waals surface area (Å²) in [5.74, 6) is 0.962. The maximum Gasteiger partial charge on any atom is 0.200 e. The number of hydrogen-bond donors (Lipinski definition) is 2. The van der Waals surface area contributed by atoms with E-state index in [9.17, 15) is 8.42 Å². The Morgan fingerprint density at radius 1 is 1.64 bits per heavy atom. The standard InChI is InChI=1S/C8H13N3O2S/c12-14(13)5-1-2-7(14)6-11-8-9-3-4-10-8/h3-4,7H,1-2,5-6H2,(H2,9,10,11). The van der Waals surface area contributed by atoms with E-state index in [2.05, 4.69) is 15.3 Å². The van der Waals surface area contributed by atoms with Gasteiger partial charge in [0.2, 0.25) is 0 Å². The Bertz CT molecular complexity index is 385. The van der Waals surface area contributed by atoms with Crippen molar-refractivity contribution in [1.82, 2.24) is 9.97 Å². The molecule has 1 aliphatic heterocycles. The average Bonchev–Trinajstić information content (AvgIpc) is 2.71. The lowest BCUT2D eigenvalue weighted by Gasteiger charge is -2.09. The monoisotopic (exact) mass is 215 g/mol. The molecule has 1 saturated heterocycles. The van der Waals surface area contributed by atoms with Crippen LogP contribution in [0.5, 0.6) is 0 Å². The topological polar surface area (TPSA) is 74.8 Å². The van der Waals surface area contributed by atoms with Crippen LogP contribution in [0.2, 0.25) is 0 Å². The van der Waals surface area contributed by atoms with Gasteiger partial charge in [0.1, 0.15) is 0 Å². The summed E-state index contributed by atoms with van der Waals surface area (Å²) >= 11 is 0. The van der Waals surface area contributed by atoms with Gasteiger partial charge < -0.3 is 10.3 Å². The number of nitrogens with zero attached hydrogens (tertiary/aromatic N) is 1. The summed E-state index contributed by atoms with van der Waals surface area (Å²) in [6.45, 7) is 0.454. The van der Waals surface area contributed by atoms with Crippen molar-refractivity contribution in [3.8, 4) is 0 Å². The second-order valence-corrected chi connectivity index (χ2v) is 5.85. The van der Waals surface area contributed by atoms with E-state index in [0.717, 1.165) is 12.8 Å². The van der Waals surface area contributed by atoms with E-state index in [0.29, 0.717) is 18.2 Å². The van der Waals surface area contributed by atoms with E-state index in [1.54, 1.807) is 12.4 Å². The molecule has 0 aromatic carbocycles. The van der Waals surface area contributed by atoms with Gasteiger partial charge in [-0.15, -0.1) is 0 Å². The van der Waals surface area contributed by atoms with E-state index in [-0.39, 0.29) is 5.25 Å². The van der Waals surface area contributed by atoms with Crippen LogP contribution in [-0.4, -0.2) is 35.9 Å². The van der Waals surface area contributed by atoms with Crippen LogP contribution in [0.4, 0.5) is 5.95 Å². The second kappa shape index (κ2) is 3.61. The first-order chi connectivity index (χ1) is 6.68. The summed E-state index contributed by atoms with van der Waals surface area (Å²) < 4.78 is 22.9. The molecule has 5 nitrogen and oxygen atoms in total. The molecule has 0 amide bonds. The number of aromatic nitrogens is 2. The Morgan fingerprint density at radius 2 is 2.50 bits per heavy atom. The van der Waals surface area contributed by atoms with Crippen molar-refractivity contribution in [2.45, 2.75) is 18.1 Å². The van der Waals surface area contributed by atoms with Gasteiger partial charge in [0.05, 0.1) is 11.0 Å². The number of rotatable bonds is 3. The van der Waals surface area contributed by atoms with Crippen LogP contribution in [0.15, 0.2) is 12.4 Å². The van der Waals surface area contributed by atoms with Gasteiger partial charge in [-0.25, -0.2) is 13.4 Å². The minimum absolute atomic E-state index is 0.243. The van der Waals surface area contributed by atoms with Crippen molar-refractivity contribution in [2.75, 3.05) is 17.6 Å². The molecule has 0 bridgehead atoms. The number of aromatic amines is 1. The van der Waals surface area contributed by atoms with E-state index >= 15 is 0 Å². The molecule has 0 radical (unpaired) electrons. The highest BCUT2D eigenvalue weighted by atomic mass is 32.2. The van der Waals surface area contributed by atoms with Gasteiger partial charge in [-0.3, -0.25) is 0 Å². The first-order valence-corrected chi connectivity index (χ1v) is 6.35. The highest BCUT2D eigenvalue weighted by Gasteiger charge is 2.30. The van der Waals surface area contributed by atoms with E-state index < -0.39 is 9.84 Å². The molecule has 2 heterocycles. The summed E-state index contributed by atoms with van der Waals surface area (Å²) in [6.07, 6.45) is 4.87. The predicted octanol–water partition coefficient (Wildman–Crippen LogP) is 0.399. The zero-order valence-corrected chi connectivity index (χ0v) is 8.55. The zero-order chi connectivity index (χ0) is 10.0. The third kappa shape index (κ3) is 1.89. The van der Waals surface area contributed by atoms with Gasteiger partial charge in [-0.1, -0.05) is 0 Å². The molecular weight excluding hydrogens is 202 g/mol. The van der Waals surface area contributed by atoms with Crippen molar-refractivity contribution < 1.29 is 8.42 Å². The molecule has 1 aromatic heterocycles. The Morgan fingerprint density at radius 3 is 3.07 bits per heavy atom. The number of H-pyrrole nitrogens is 1. The molecule has 0 aliphatic carbocycles. The van der Waals surface area contributed by atoms with Crippen LogP contribution in [0.25, 0.3) is 0 Å². The fraction of sp³-hybridized carbons (Fsp3) is 0.625. The lowest BCUT2D eigenvalue weighted by atomic mass is 10.2. The molecule has 0 spiro atoms. The quantitative estimate of drug-likeness (QED) is 0.765. The van der Waals surface area contributed by atoms with Crippen molar-refractivity contribution >= 4 is 15.8 Å². The van der Waals surface area contributed by atoms with Crippen molar-refractivity contribution in [3.05, 3.63) is 12.4 Å². The van der Waals surface area contributed by atoms with Crippen LogP contribution in [-0.2, 0) is 9.84 Å². The molecular formula is C8H13N3O2S. The van der Waals surface area contributed by atoms with E-state index in [4.69, 9.17) is 0 Å². The third-order valence-electron chi connectivity index (χ3n) is 2.46. The molecule has 78 valence electrons. The van der Waals surface area contributed by atoms with Crippen molar-refractivity contribution in [3.63, 3.8) is 0 Å². The fourth-order valence-electron chi connectivity index (χ4n) is 1.66. The summed E-state index contributed by atoms with van der Waals surface area (Å²) in [4.78, 5) is 6.83. The maximum atomic E-state index is 11.5. The second-order valence-electron chi connectivity index (χ2n) is 3.45. The Labute approximate surface area is 82.9 Å². The van der Waals surface area contributed by atoms with E-state index in [1.165, 1.54) is 0 Å². The van der Waals surface area contributed by atoms with Gasteiger partial charge >= 0.3 is 0 Å². The normalized spacial score (nSPS) is 25.0. The predicted molar refractivity (Wildman–Crippen MR) is 53.9 cm³/mol. The third-order valence-corrected chi connectivity index (χ3v) is 4.73. The van der Waals surface area contributed by atoms with Gasteiger partial charge in [0, 0.05) is 18.9 Å². The maximum absolute atomic E-state index is 11.5. The summed E-state index contributed by atoms with van der Waals surface area (Å²) in [5, 5.41) is 2.73. The van der Waals surface area contributed by atoms with Crippen LogP contribution < -0.4 is 5.32 Å². The first kappa shape index (κ1) is 9.51. The van der Waals surface area contributed by atoms with Crippen LogP contribution in [0, 0.1) is 0 Å². The van der Waals surface area contributed by atoms with Crippen LogP contribution >= 0.6 is 0 Å². The molecule has 14 heavy (non-hydrogen) atoms. The molecule has 1 aliphatic rings. The molecule has 1 atom stereocenters. The number of imidazole rings is 1. The summed E-state index contributed by atoms with van der Waals surface area (Å²) in [6, 6.07) is 0. The molecule has 1 aromatic rings. The lowest BCUT2D eigenvalue weighted by Crippen LogP contribution is -2.25. The number of anilines is 1. The molecule has 0 saturated carbocycles.